The Morgan fingerprint density at radius 3 is 2.83 bits per heavy atom. The summed E-state index contributed by atoms with van der Waals surface area (Å²) in [5.41, 5.74) is -0.503. The lowest BCUT2D eigenvalue weighted by Crippen LogP contribution is -2.41. The molecule has 0 aliphatic carbocycles. The fourth-order valence-electron chi connectivity index (χ4n) is 2.43. The van der Waals surface area contributed by atoms with Crippen LogP contribution in [0.1, 0.15) is 32.3 Å². The van der Waals surface area contributed by atoms with Crippen LogP contribution < -0.4 is 5.32 Å². The maximum absolute atomic E-state index is 15.3. The fourth-order valence-corrected chi connectivity index (χ4v) is 3.20. The van der Waals surface area contributed by atoms with E-state index < -0.39 is 5.67 Å². The summed E-state index contributed by atoms with van der Waals surface area (Å²) >= 11 is 1.70. The number of alkyl halides is 1. The Bertz CT molecular complexity index is 522. The molecule has 0 radical (unpaired) electrons. The topological polar surface area (TPSA) is 12.0 Å². The minimum absolute atomic E-state index is 0.187. The first kappa shape index (κ1) is 13.5. The molecule has 98 valence electrons. The average molecular weight is 265 g/mol. The van der Waals surface area contributed by atoms with Gasteiger partial charge in [0.2, 0.25) is 0 Å². The van der Waals surface area contributed by atoms with Gasteiger partial charge in [-0.3, -0.25) is 0 Å². The van der Waals surface area contributed by atoms with Crippen LogP contribution in [0.25, 0.3) is 10.1 Å². The van der Waals surface area contributed by atoms with Crippen molar-refractivity contribution in [3.05, 3.63) is 35.2 Å². The van der Waals surface area contributed by atoms with Gasteiger partial charge < -0.3 is 5.32 Å². The SMILES string of the molecule is CCCC(F)(c1ccc2sccc2c1)C(C)NC. The van der Waals surface area contributed by atoms with Crippen molar-refractivity contribution in [2.45, 2.75) is 38.4 Å². The summed E-state index contributed by atoms with van der Waals surface area (Å²) in [5.74, 6) is 0. The lowest BCUT2D eigenvalue weighted by molar-refractivity contribution is 0.103. The third-order valence-electron chi connectivity index (χ3n) is 3.67. The Morgan fingerprint density at radius 2 is 2.17 bits per heavy atom. The largest absolute Gasteiger partial charge is 0.314 e. The van der Waals surface area contributed by atoms with Crippen molar-refractivity contribution in [3.63, 3.8) is 0 Å². The van der Waals surface area contributed by atoms with Gasteiger partial charge in [-0.05, 0) is 54.9 Å². The van der Waals surface area contributed by atoms with Gasteiger partial charge in [0, 0.05) is 10.7 Å². The number of fused-ring (bicyclic) bond motifs is 1. The first-order valence-corrected chi connectivity index (χ1v) is 7.33. The van der Waals surface area contributed by atoms with Crippen LogP contribution in [-0.4, -0.2) is 13.1 Å². The van der Waals surface area contributed by atoms with Crippen LogP contribution in [0.3, 0.4) is 0 Å². The molecule has 0 aliphatic heterocycles. The highest BCUT2D eigenvalue weighted by molar-refractivity contribution is 7.17. The van der Waals surface area contributed by atoms with Crippen LogP contribution in [-0.2, 0) is 5.67 Å². The quantitative estimate of drug-likeness (QED) is 0.841. The number of thiophene rings is 1. The summed E-state index contributed by atoms with van der Waals surface area (Å²) in [7, 11) is 1.82. The molecule has 2 unspecified atom stereocenters. The van der Waals surface area contributed by atoms with Crippen molar-refractivity contribution in [1.29, 1.82) is 0 Å². The second kappa shape index (κ2) is 5.37. The van der Waals surface area contributed by atoms with Crippen molar-refractivity contribution in [1.82, 2.24) is 5.32 Å². The third-order valence-corrected chi connectivity index (χ3v) is 4.56. The van der Waals surface area contributed by atoms with Crippen LogP contribution in [0.4, 0.5) is 4.39 Å². The van der Waals surface area contributed by atoms with Crippen LogP contribution in [0.2, 0.25) is 0 Å². The van der Waals surface area contributed by atoms with E-state index in [1.54, 1.807) is 11.3 Å². The third kappa shape index (κ3) is 2.29. The molecule has 3 heteroatoms. The second-order valence-corrected chi connectivity index (χ2v) is 5.74. The zero-order valence-electron chi connectivity index (χ0n) is 11.2. The molecule has 0 fully saturated rings. The van der Waals surface area contributed by atoms with E-state index in [0.29, 0.717) is 6.42 Å². The minimum atomic E-state index is -1.29. The first-order chi connectivity index (χ1) is 8.61. The highest BCUT2D eigenvalue weighted by Crippen LogP contribution is 2.37. The minimum Gasteiger partial charge on any atom is -0.314 e. The zero-order valence-corrected chi connectivity index (χ0v) is 12.0. The number of halogens is 1. The van der Waals surface area contributed by atoms with Crippen molar-refractivity contribution in [3.8, 4) is 0 Å². The molecule has 2 rings (SSSR count). The van der Waals surface area contributed by atoms with Gasteiger partial charge in [0.1, 0.15) is 0 Å². The van der Waals surface area contributed by atoms with E-state index in [9.17, 15) is 0 Å². The predicted molar refractivity (Wildman–Crippen MR) is 78.0 cm³/mol. The molecule has 0 bridgehead atoms. The summed E-state index contributed by atoms with van der Waals surface area (Å²) in [4.78, 5) is 0. The van der Waals surface area contributed by atoms with Gasteiger partial charge in [0.05, 0.1) is 0 Å². The standard InChI is InChI=1S/C15H20FNS/c1-4-8-15(16,11(2)17-3)13-5-6-14-12(10-13)7-9-18-14/h5-7,9-11,17H,4,8H2,1-3H3. The molecule has 0 saturated heterocycles. The Morgan fingerprint density at radius 1 is 1.39 bits per heavy atom. The Balaban J connectivity index is 2.46. The second-order valence-electron chi connectivity index (χ2n) is 4.80. The van der Waals surface area contributed by atoms with Crippen LogP contribution >= 0.6 is 11.3 Å². The maximum Gasteiger partial charge on any atom is 0.150 e. The van der Waals surface area contributed by atoms with E-state index in [1.807, 2.05) is 39.1 Å². The lowest BCUT2D eigenvalue weighted by atomic mass is 9.84. The molecule has 0 saturated carbocycles. The molecular weight excluding hydrogens is 245 g/mol. The highest BCUT2D eigenvalue weighted by Gasteiger charge is 2.36. The Labute approximate surface area is 112 Å². The van der Waals surface area contributed by atoms with Crippen molar-refractivity contribution < 1.29 is 4.39 Å². The number of likely N-dealkylation sites (N-methyl/N-ethyl adjacent to an activating group) is 1. The maximum atomic E-state index is 15.3. The summed E-state index contributed by atoms with van der Waals surface area (Å²) in [6.07, 6.45) is 1.38. The molecule has 0 aliphatic rings. The van der Waals surface area contributed by atoms with Crippen molar-refractivity contribution in [2.75, 3.05) is 7.05 Å². The van der Waals surface area contributed by atoms with Gasteiger partial charge in [-0.15, -0.1) is 11.3 Å². The lowest BCUT2D eigenvalue weighted by Gasteiger charge is -2.32. The van der Waals surface area contributed by atoms with Crippen LogP contribution in [0.5, 0.6) is 0 Å². The molecule has 1 aromatic carbocycles. The van der Waals surface area contributed by atoms with E-state index in [4.69, 9.17) is 0 Å². The number of nitrogens with one attached hydrogen (secondary N) is 1. The van der Waals surface area contributed by atoms with Crippen LogP contribution in [0, 0.1) is 0 Å². The highest BCUT2D eigenvalue weighted by atomic mass is 32.1. The average Bonchev–Trinajstić information content (AvgIpc) is 2.85. The molecule has 1 N–H and O–H groups in total. The van der Waals surface area contributed by atoms with E-state index >= 15 is 4.39 Å². The summed E-state index contributed by atoms with van der Waals surface area (Å²) in [5, 5.41) is 6.25. The van der Waals surface area contributed by atoms with Crippen molar-refractivity contribution in [2.24, 2.45) is 0 Å². The van der Waals surface area contributed by atoms with E-state index in [1.165, 1.54) is 4.70 Å². The van der Waals surface area contributed by atoms with Crippen molar-refractivity contribution >= 4 is 21.4 Å². The molecule has 1 heterocycles. The predicted octanol–water partition coefficient (Wildman–Crippen LogP) is 4.47. The van der Waals surface area contributed by atoms with Gasteiger partial charge in [-0.25, -0.2) is 4.39 Å². The molecule has 18 heavy (non-hydrogen) atoms. The molecule has 1 aromatic heterocycles. The van der Waals surface area contributed by atoms with Crippen LogP contribution in [0.15, 0.2) is 29.6 Å². The molecule has 1 nitrogen and oxygen atoms in total. The molecule has 0 spiro atoms. The molecule has 0 amide bonds. The normalized spacial score (nSPS) is 16.7. The number of hydrogen-bond donors (Lipinski definition) is 1. The van der Waals surface area contributed by atoms with E-state index in [-0.39, 0.29) is 6.04 Å². The fraction of sp³-hybridized carbons (Fsp3) is 0.467. The summed E-state index contributed by atoms with van der Waals surface area (Å²) in [6, 6.07) is 7.83. The molecule has 2 aromatic rings. The monoisotopic (exact) mass is 265 g/mol. The number of rotatable bonds is 5. The Hall–Kier alpha value is -0.930. The number of hydrogen-bond acceptors (Lipinski definition) is 2. The smallest absolute Gasteiger partial charge is 0.150 e. The molecular formula is C15H20FNS. The summed E-state index contributed by atoms with van der Waals surface area (Å²) < 4.78 is 16.5. The zero-order chi connectivity index (χ0) is 13.2. The van der Waals surface area contributed by atoms with E-state index in [0.717, 1.165) is 17.4 Å². The van der Waals surface area contributed by atoms with Gasteiger partial charge in [0.15, 0.2) is 5.67 Å². The van der Waals surface area contributed by atoms with Gasteiger partial charge >= 0.3 is 0 Å². The summed E-state index contributed by atoms with van der Waals surface area (Å²) in [6.45, 7) is 3.94. The van der Waals surface area contributed by atoms with Gasteiger partial charge in [-0.1, -0.05) is 19.4 Å². The Kier molecular flexibility index (Phi) is 4.03. The van der Waals surface area contributed by atoms with Gasteiger partial charge in [-0.2, -0.15) is 0 Å². The molecule has 2 atom stereocenters. The van der Waals surface area contributed by atoms with E-state index in [2.05, 4.69) is 16.8 Å². The first-order valence-electron chi connectivity index (χ1n) is 6.45. The van der Waals surface area contributed by atoms with Gasteiger partial charge in [0.25, 0.3) is 0 Å². The number of benzene rings is 1.